The second-order valence-electron chi connectivity index (χ2n) is 5.06. The van der Waals surface area contributed by atoms with Gasteiger partial charge in [-0.05, 0) is 37.1 Å². The fourth-order valence-corrected chi connectivity index (χ4v) is 3.90. The number of methoxy groups -OCH3 is 2. The predicted octanol–water partition coefficient (Wildman–Crippen LogP) is 3.57. The largest absolute Gasteiger partial charge is 0.496 e. The van der Waals surface area contributed by atoms with Crippen LogP contribution in [-0.2, 0) is 9.53 Å². The van der Waals surface area contributed by atoms with Crippen molar-refractivity contribution in [1.29, 1.82) is 0 Å². The van der Waals surface area contributed by atoms with Gasteiger partial charge < -0.3 is 14.6 Å². The maximum Gasteiger partial charge on any atom is 0.312 e. The Morgan fingerprint density at radius 2 is 2.23 bits per heavy atom. The number of carbonyl (C=O) groups excluding carboxylic acids is 1. The van der Waals surface area contributed by atoms with Gasteiger partial charge in [-0.15, -0.1) is 11.8 Å². The van der Waals surface area contributed by atoms with E-state index in [2.05, 4.69) is 15.9 Å². The lowest BCUT2D eigenvalue weighted by Crippen LogP contribution is -2.12. The van der Waals surface area contributed by atoms with E-state index in [1.54, 1.807) is 25.8 Å². The Balaban J connectivity index is 2.41. The molecule has 6 heteroatoms. The van der Waals surface area contributed by atoms with E-state index in [0.717, 1.165) is 32.7 Å². The highest BCUT2D eigenvalue weighted by molar-refractivity contribution is 9.10. The standard InChI is InChI=1S/C16H19BrO4S/c1-9(16(19)21-3)11-8-12(17)10(6-14(11)20-2)7-15-13(18)4-5-22-15/h6-9,13,18H,4-5H2,1-3H3/b15-7+. The van der Waals surface area contributed by atoms with E-state index in [4.69, 9.17) is 9.47 Å². The average Bonchev–Trinajstić information content (AvgIpc) is 2.92. The summed E-state index contributed by atoms with van der Waals surface area (Å²) in [5, 5.41) is 9.92. The third-order valence-electron chi connectivity index (χ3n) is 3.66. The molecule has 0 aliphatic carbocycles. The molecule has 0 radical (unpaired) electrons. The van der Waals surface area contributed by atoms with Gasteiger partial charge >= 0.3 is 5.97 Å². The molecule has 1 aromatic carbocycles. The summed E-state index contributed by atoms with van der Waals surface area (Å²) in [7, 11) is 2.95. The molecule has 2 atom stereocenters. The van der Waals surface area contributed by atoms with Crippen LogP contribution in [0.3, 0.4) is 0 Å². The molecule has 2 unspecified atom stereocenters. The number of hydrogen-bond acceptors (Lipinski definition) is 5. The fraction of sp³-hybridized carbons (Fsp3) is 0.438. The molecule has 22 heavy (non-hydrogen) atoms. The SMILES string of the molecule is COC(=O)C(C)c1cc(Br)c(/C=C2/SCCC2O)cc1OC. The van der Waals surface area contributed by atoms with Gasteiger partial charge in [0, 0.05) is 20.7 Å². The molecule has 1 N–H and O–H groups in total. The summed E-state index contributed by atoms with van der Waals surface area (Å²) < 4.78 is 11.1. The first-order valence-corrected chi connectivity index (χ1v) is 8.73. The van der Waals surface area contributed by atoms with Crippen molar-refractivity contribution >= 4 is 39.7 Å². The summed E-state index contributed by atoms with van der Waals surface area (Å²) in [5.74, 6) is 0.840. The Labute approximate surface area is 143 Å². The number of rotatable bonds is 4. The van der Waals surface area contributed by atoms with E-state index in [-0.39, 0.29) is 5.97 Å². The molecular weight excluding hydrogens is 368 g/mol. The van der Waals surface area contributed by atoms with E-state index >= 15 is 0 Å². The average molecular weight is 387 g/mol. The molecule has 1 aliphatic heterocycles. The lowest BCUT2D eigenvalue weighted by atomic mass is 9.98. The van der Waals surface area contributed by atoms with Crippen molar-refractivity contribution in [3.05, 3.63) is 32.6 Å². The topological polar surface area (TPSA) is 55.8 Å². The number of halogens is 1. The second-order valence-corrected chi connectivity index (χ2v) is 7.08. The summed E-state index contributed by atoms with van der Waals surface area (Å²) >= 11 is 5.20. The molecule has 0 spiro atoms. The van der Waals surface area contributed by atoms with Gasteiger partial charge in [0.1, 0.15) is 5.75 Å². The Bertz CT molecular complexity index is 600. The third-order valence-corrected chi connectivity index (χ3v) is 5.51. The maximum atomic E-state index is 11.8. The molecule has 0 saturated carbocycles. The van der Waals surface area contributed by atoms with Gasteiger partial charge in [-0.1, -0.05) is 15.9 Å². The summed E-state index contributed by atoms with van der Waals surface area (Å²) in [6.07, 6.45) is 2.35. The molecular formula is C16H19BrO4S. The number of esters is 1. The zero-order valence-electron chi connectivity index (χ0n) is 12.8. The van der Waals surface area contributed by atoms with Crippen molar-refractivity contribution in [3.8, 4) is 5.75 Å². The Hall–Kier alpha value is -0.980. The molecule has 2 rings (SSSR count). The quantitative estimate of drug-likeness (QED) is 0.801. The smallest absolute Gasteiger partial charge is 0.312 e. The van der Waals surface area contributed by atoms with Crippen molar-refractivity contribution in [2.45, 2.75) is 25.4 Å². The van der Waals surface area contributed by atoms with Crippen molar-refractivity contribution in [3.63, 3.8) is 0 Å². The lowest BCUT2D eigenvalue weighted by molar-refractivity contribution is -0.142. The van der Waals surface area contributed by atoms with Crippen LogP contribution < -0.4 is 4.74 Å². The third kappa shape index (κ3) is 3.67. The highest BCUT2D eigenvalue weighted by atomic mass is 79.9. The number of carbonyl (C=O) groups is 1. The monoisotopic (exact) mass is 386 g/mol. The lowest BCUT2D eigenvalue weighted by Gasteiger charge is -2.16. The van der Waals surface area contributed by atoms with Gasteiger partial charge in [-0.3, -0.25) is 4.79 Å². The van der Waals surface area contributed by atoms with Crippen LogP contribution in [0.4, 0.5) is 0 Å². The van der Waals surface area contributed by atoms with Gasteiger partial charge in [0.05, 0.1) is 26.2 Å². The number of hydrogen-bond donors (Lipinski definition) is 1. The van der Waals surface area contributed by atoms with Gasteiger partial charge in [-0.2, -0.15) is 0 Å². The van der Waals surface area contributed by atoms with Crippen LogP contribution in [-0.4, -0.2) is 37.2 Å². The molecule has 1 saturated heterocycles. The van der Waals surface area contributed by atoms with Crippen LogP contribution in [0, 0.1) is 0 Å². The summed E-state index contributed by atoms with van der Waals surface area (Å²) in [4.78, 5) is 12.7. The van der Waals surface area contributed by atoms with Crippen LogP contribution in [0.5, 0.6) is 5.75 Å². The van der Waals surface area contributed by atoms with E-state index in [1.165, 1.54) is 7.11 Å². The minimum atomic E-state index is -0.413. The Kier molecular flexibility index (Phi) is 5.94. The van der Waals surface area contributed by atoms with E-state index in [9.17, 15) is 9.90 Å². The Morgan fingerprint density at radius 3 is 2.77 bits per heavy atom. The molecule has 0 aromatic heterocycles. The van der Waals surface area contributed by atoms with Crippen molar-refractivity contribution < 1.29 is 19.4 Å². The molecule has 0 amide bonds. The fourth-order valence-electron chi connectivity index (χ4n) is 2.33. The van der Waals surface area contributed by atoms with E-state index in [1.807, 2.05) is 18.2 Å². The molecule has 0 bridgehead atoms. The minimum Gasteiger partial charge on any atom is -0.496 e. The van der Waals surface area contributed by atoms with Gasteiger partial charge in [0.25, 0.3) is 0 Å². The van der Waals surface area contributed by atoms with Crippen LogP contribution in [0.2, 0.25) is 0 Å². The van der Waals surface area contributed by atoms with E-state index in [0.29, 0.717) is 5.75 Å². The first kappa shape index (κ1) is 17.4. The number of aliphatic hydroxyl groups is 1. The van der Waals surface area contributed by atoms with Crippen molar-refractivity contribution in [2.24, 2.45) is 0 Å². The Morgan fingerprint density at radius 1 is 1.50 bits per heavy atom. The molecule has 1 fully saturated rings. The zero-order valence-corrected chi connectivity index (χ0v) is 15.2. The molecule has 4 nitrogen and oxygen atoms in total. The highest BCUT2D eigenvalue weighted by Crippen LogP contribution is 2.37. The predicted molar refractivity (Wildman–Crippen MR) is 92.2 cm³/mol. The number of thioether (sulfide) groups is 1. The van der Waals surface area contributed by atoms with Crippen LogP contribution >= 0.6 is 27.7 Å². The van der Waals surface area contributed by atoms with Crippen molar-refractivity contribution in [2.75, 3.05) is 20.0 Å². The van der Waals surface area contributed by atoms with Gasteiger partial charge in [-0.25, -0.2) is 0 Å². The van der Waals surface area contributed by atoms with Crippen LogP contribution in [0.25, 0.3) is 6.08 Å². The highest BCUT2D eigenvalue weighted by Gasteiger charge is 2.23. The van der Waals surface area contributed by atoms with Gasteiger partial charge in [0.15, 0.2) is 0 Å². The normalized spacial score (nSPS) is 21.0. The minimum absolute atomic E-state index is 0.307. The van der Waals surface area contributed by atoms with Crippen LogP contribution in [0.15, 0.2) is 21.5 Å². The second kappa shape index (κ2) is 7.53. The molecule has 1 aliphatic rings. The van der Waals surface area contributed by atoms with Crippen molar-refractivity contribution in [1.82, 2.24) is 0 Å². The number of ether oxygens (including phenoxy) is 2. The summed E-state index contributed by atoms with van der Waals surface area (Å²) in [5.41, 5.74) is 1.68. The van der Waals surface area contributed by atoms with Crippen LogP contribution in [0.1, 0.15) is 30.4 Å². The number of benzene rings is 1. The zero-order chi connectivity index (χ0) is 16.3. The van der Waals surface area contributed by atoms with E-state index < -0.39 is 12.0 Å². The molecule has 1 aromatic rings. The maximum absolute atomic E-state index is 11.8. The molecule has 1 heterocycles. The van der Waals surface area contributed by atoms with Gasteiger partial charge in [0.2, 0.25) is 0 Å². The first-order chi connectivity index (χ1) is 10.5. The number of aliphatic hydroxyl groups excluding tert-OH is 1. The first-order valence-electron chi connectivity index (χ1n) is 6.95. The molecule has 120 valence electrons. The summed E-state index contributed by atoms with van der Waals surface area (Å²) in [6, 6.07) is 3.75. The summed E-state index contributed by atoms with van der Waals surface area (Å²) in [6.45, 7) is 1.78.